The van der Waals surface area contributed by atoms with Crippen LogP contribution in [0.25, 0.3) is 0 Å². The second-order valence-corrected chi connectivity index (χ2v) is 5.90. The number of anilines is 3. The lowest BCUT2D eigenvalue weighted by Gasteiger charge is -2.34. The maximum absolute atomic E-state index is 5.04. The van der Waals surface area contributed by atoms with Crippen LogP contribution in [0, 0.1) is 0 Å². The van der Waals surface area contributed by atoms with Crippen molar-refractivity contribution in [1.82, 2.24) is 10.3 Å². The van der Waals surface area contributed by atoms with Crippen molar-refractivity contribution >= 4 is 17.3 Å². The molecule has 2 heterocycles. The van der Waals surface area contributed by atoms with Crippen LogP contribution in [0.4, 0.5) is 17.3 Å². The van der Waals surface area contributed by atoms with Crippen molar-refractivity contribution in [2.75, 3.05) is 67.1 Å². The molecule has 2 rings (SSSR count). The largest absolute Gasteiger partial charge is 0.365 e. The van der Waals surface area contributed by atoms with Gasteiger partial charge in [0.25, 0.3) is 0 Å². The van der Waals surface area contributed by atoms with Gasteiger partial charge in [0, 0.05) is 52.4 Å². The van der Waals surface area contributed by atoms with E-state index in [1.807, 2.05) is 12.2 Å². The molecule has 1 fully saturated rings. The van der Waals surface area contributed by atoms with Crippen LogP contribution in [0.1, 0.15) is 13.8 Å². The number of pyridine rings is 1. The zero-order valence-corrected chi connectivity index (χ0v) is 15.2. The van der Waals surface area contributed by atoms with Gasteiger partial charge in [0.2, 0.25) is 0 Å². The molecule has 24 heavy (non-hydrogen) atoms. The van der Waals surface area contributed by atoms with Crippen molar-refractivity contribution in [3.05, 3.63) is 37.4 Å². The van der Waals surface area contributed by atoms with Crippen LogP contribution >= 0.6 is 0 Å². The molecule has 1 aliphatic heterocycles. The average Bonchev–Trinajstić information content (AvgIpc) is 2.64. The van der Waals surface area contributed by atoms with E-state index in [0.717, 1.165) is 64.0 Å². The fourth-order valence-electron chi connectivity index (χ4n) is 3.06. The third kappa shape index (κ3) is 4.29. The van der Waals surface area contributed by atoms with Crippen molar-refractivity contribution in [2.24, 2.45) is 0 Å². The molecule has 0 spiro atoms. The number of rotatable bonds is 9. The van der Waals surface area contributed by atoms with Gasteiger partial charge in [-0.05, 0) is 26.0 Å². The van der Waals surface area contributed by atoms with Crippen LogP contribution in [0.15, 0.2) is 37.4 Å². The molecular formula is C19H31N5. The van der Waals surface area contributed by atoms with Crippen LogP contribution in [0.2, 0.25) is 0 Å². The lowest BCUT2D eigenvalue weighted by molar-refractivity contribution is 0.584. The maximum Gasteiger partial charge on any atom is 0.154 e. The van der Waals surface area contributed by atoms with Gasteiger partial charge in [0.05, 0.1) is 5.69 Å². The molecule has 0 saturated carbocycles. The number of likely N-dealkylation sites (N-methyl/N-ethyl adjacent to an activating group) is 2. The number of nitrogens with one attached hydrogen (secondary N) is 1. The van der Waals surface area contributed by atoms with E-state index in [-0.39, 0.29) is 0 Å². The Hall–Kier alpha value is -2.01. The van der Waals surface area contributed by atoms with Gasteiger partial charge >= 0.3 is 0 Å². The standard InChI is InChI=1S/C19H31N5/c1-5-13-22(7-3)17-9-10-18(23(8-4)14-6-2)21-19(17)24-15-11-20-12-16-24/h5-6,9-10,20H,1-2,7-8,11-16H2,3-4H3. The lowest BCUT2D eigenvalue weighted by Crippen LogP contribution is -2.44. The maximum atomic E-state index is 5.04. The fourth-order valence-corrected chi connectivity index (χ4v) is 3.06. The summed E-state index contributed by atoms with van der Waals surface area (Å²) in [5, 5.41) is 3.42. The van der Waals surface area contributed by atoms with Gasteiger partial charge in [0.1, 0.15) is 5.82 Å². The molecule has 0 bridgehead atoms. The summed E-state index contributed by atoms with van der Waals surface area (Å²) in [5.41, 5.74) is 1.19. The molecule has 1 aromatic heterocycles. The molecule has 0 aliphatic carbocycles. The van der Waals surface area contributed by atoms with Gasteiger partial charge in [0.15, 0.2) is 5.82 Å². The molecule has 5 heteroatoms. The molecule has 132 valence electrons. The van der Waals surface area contributed by atoms with Crippen molar-refractivity contribution in [3.8, 4) is 0 Å². The summed E-state index contributed by atoms with van der Waals surface area (Å²) in [4.78, 5) is 12.0. The molecular weight excluding hydrogens is 298 g/mol. The average molecular weight is 329 g/mol. The van der Waals surface area contributed by atoms with Gasteiger partial charge in [-0.2, -0.15) is 0 Å². The summed E-state index contributed by atoms with van der Waals surface area (Å²) < 4.78 is 0. The second-order valence-electron chi connectivity index (χ2n) is 5.90. The molecule has 0 aromatic carbocycles. The summed E-state index contributed by atoms with van der Waals surface area (Å²) in [7, 11) is 0. The normalized spacial score (nSPS) is 14.3. The highest BCUT2D eigenvalue weighted by molar-refractivity contribution is 5.70. The molecule has 5 nitrogen and oxygen atoms in total. The number of aromatic nitrogens is 1. The quantitative estimate of drug-likeness (QED) is 0.704. The minimum absolute atomic E-state index is 0.813. The minimum atomic E-state index is 0.813. The highest BCUT2D eigenvalue weighted by atomic mass is 15.3. The Labute approximate surface area is 146 Å². The number of hydrogen-bond donors (Lipinski definition) is 1. The molecule has 0 amide bonds. The van der Waals surface area contributed by atoms with Gasteiger partial charge < -0.3 is 20.0 Å². The Kier molecular flexibility index (Phi) is 7.12. The summed E-state index contributed by atoms with van der Waals surface area (Å²) in [5.74, 6) is 2.10. The number of hydrogen-bond acceptors (Lipinski definition) is 5. The molecule has 1 aromatic rings. The van der Waals surface area contributed by atoms with E-state index in [4.69, 9.17) is 4.98 Å². The van der Waals surface area contributed by atoms with Crippen molar-refractivity contribution < 1.29 is 0 Å². The van der Waals surface area contributed by atoms with E-state index in [0.29, 0.717) is 0 Å². The predicted octanol–water partition coefficient (Wildman–Crippen LogP) is 2.52. The Morgan fingerprint density at radius 3 is 2.29 bits per heavy atom. The summed E-state index contributed by atoms with van der Waals surface area (Å²) >= 11 is 0. The Bertz CT molecular complexity index is 537. The van der Waals surface area contributed by atoms with E-state index in [1.54, 1.807) is 0 Å². The SMILES string of the molecule is C=CCN(CC)c1ccc(N(CC)CC=C)c(N2CCNCC2)n1. The highest BCUT2D eigenvalue weighted by Gasteiger charge is 2.20. The van der Waals surface area contributed by atoms with Gasteiger partial charge in [-0.1, -0.05) is 12.2 Å². The van der Waals surface area contributed by atoms with Crippen LogP contribution < -0.4 is 20.0 Å². The predicted molar refractivity (Wildman–Crippen MR) is 105 cm³/mol. The fraction of sp³-hybridized carbons (Fsp3) is 0.526. The number of piperazine rings is 1. The smallest absolute Gasteiger partial charge is 0.154 e. The lowest BCUT2D eigenvalue weighted by atomic mass is 10.2. The molecule has 0 atom stereocenters. The monoisotopic (exact) mass is 329 g/mol. The van der Waals surface area contributed by atoms with E-state index in [2.05, 4.69) is 59.2 Å². The Balaban J connectivity index is 2.41. The Morgan fingerprint density at radius 2 is 1.71 bits per heavy atom. The first-order valence-electron chi connectivity index (χ1n) is 8.93. The van der Waals surface area contributed by atoms with E-state index < -0.39 is 0 Å². The number of nitrogens with zero attached hydrogens (tertiary/aromatic N) is 4. The Morgan fingerprint density at radius 1 is 1.08 bits per heavy atom. The first-order chi connectivity index (χ1) is 11.7. The van der Waals surface area contributed by atoms with Gasteiger partial charge in [-0.25, -0.2) is 4.98 Å². The third-order valence-corrected chi connectivity index (χ3v) is 4.38. The van der Waals surface area contributed by atoms with E-state index in [9.17, 15) is 0 Å². The first-order valence-corrected chi connectivity index (χ1v) is 8.93. The minimum Gasteiger partial charge on any atom is -0.365 e. The zero-order valence-electron chi connectivity index (χ0n) is 15.2. The van der Waals surface area contributed by atoms with Gasteiger partial charge in [-0.15, -0.1) is 13.2 Å². The van der Waals surface area contributed by atoms with Crippen molar-refractivity contribution in [3.63, 3.8) is 0 Å². The van der Waals surface area contributed by atoms with Crippen LogP contribution in [0.3, 0.4) is 0 Å². The van der Waals surface area contributed by atoms with E-state index >= 15 is 0 Å². The second kappa shape index (κ2) is 9.33. The summed E-state index contributed by atoms with van der Waals surface area (Å²) in [6, 6.07) is 4.33. The van der Waals surface area contributed by atoms with E-state index in [1.165, 1.54) is 5.69 Å². The third-order valence-electron chi connectivity index (χ3n) is 4.38. The zero-order chi connectivity index (χ0) is 17.4. The highest BCUT2D eigenvalue weighted by Crippen LogP contribution is 2.30. The van der Waals surface area contributed by atoms with Crippen LogP contribution in [-0.4, -0.2) is 57.3 Å². The molecule has 0 unspecified atom stereocenters. The molecule has 1 N–H and O–H groups in total. The first kappa shape index (κ1) is 18.3. The summed E-state index contributed by atoms with van der Waals surface area (Å²) in [6.45, 7) is 19.6. The van der Waals surface area contributed by atoms with Gasteiger partial charge in [-0.3, -0.25) is 0 Å². The molecule has 0 radical (unpaired) electrons. The molecule has 1 saturated heterocycles. The van der Waals surface area contributed by atoms with Crippen LogP contribution in [-0.2, 0) is 0 Å². The van der Waals surface area contributed by atoms with Crippen molar-refractivity contribution in [1.29, 1.82) is 0 Å². The molecule has 1 aliphatic rings. The summed E-state index contributed by atoms with van der Waals surface area (Å²) in [6.07, 6.45) is 3.88. The van der Waals surface area contributed by atoms with Crippen molar-refractivity contribution in [2.45, 2.75) is 13.8 Å². The topological polar surface area (TPSA) is 34.6 Å². The van der Waals surface area contributed by atoms with Crippen LogP contribution in [0.5, 0.6) is 0 Å².